The summed E-state index contributed by atoms with van der Waals surface area (Å²) in [6.07, 6.45) is 0.612. The minimum Gasteiger partial charge on any atom is -0.322 e. The van der Waals surface area contributed by atoms with Gasteiger partial charge >= 0.3 is 0 Å². The predicted molar refractivity (Wildman–Crippen MR) is 110 cm³/mol. The topological polar surface area (TPSA) is 52.7 Å². The molecule has 0 bridgehead atoms. The van der Waals surface area contributed by atoms with Gasteiger partial charge in [-0.25, -0.2) is 0 Å². The first-order chi connectivity index (χ1) is 12.9. The number of carbonyl (C=O) groups is 2. The molecular formula is C19H18Cl3N3O2. The van der Waals surface area contributed by atoms with Crippen molar-refractivity contribution >= 4 is 58.0 Å². The van der Waals surface area contributed by atoms with E-state index in [-0.39, 0.29) is 18.4 Å². The van der Waals surface area contributed by atoms with Crippen LogP contribution in [0.1, 0.15) is 6.42 Å². The van der Waals surface area contributed by atoms with Gasteiger partial charge in [0, 0.05) is 6.54 Å². The number of benzene rings is 2. The molecule has 142 valence electrons. The number of hydrogen-bond acceptors (Lipinski definition) is 3. The zero-order chi connectivity index (χ0) is 19.6. The summed E-state index contributed by atoms with van der Waals surface area (Å²) >= 11 is 18.4. The van der Waals surface area contributed by atoms with Crippen molar-refractivity contribution in [3.63, 3.8) is 0 Å². The van der Waals surface area contributed by atoms with Crippen LogP contribution >= 0.6 is 34.8 Å². The van der Waals surface area contributed by atoms with Gasteiger partial charge in [-0.1, -0.05) is 53.0 Å². The lowest BCUT2D eigenvalue weighted by atomic mass is 10.2. The van der Waals surface area contributed by atoms with Crippen LogP contribution in [0.2, 0.25) is 15.1 Å². The fraction of sp³-hybridized carbons (Fsp3) is 0.263. The third-order valence-electron chi connectivity index (χ3n) is 4.47. The number of nitrogens with zero attached hydrogens (tertiary/aromatic N) is 2. The maximum Gasteiger partial charge on any atom is 0.244 e. The Hall–Kier alpha value is -1.79. The molecule has 1 aliphatic heterocycles. The molecule has 5 nitrogen and oxygen atoms in total. The minimum atomic E-state index is -0.395. The van der Waals surface area contributed by atoms with Crippen molar-refractivity contribution in [2.75, 3.05) is 30.4 Å². The first-order valence-corrected chi connectivity index (χ1v) is 9.52. The maximum atomic E-state index is 12.8. The van der Waals surface area contributed by atoms with Crippen LogP contribution < -0.4 is 10.2 Å². The fourth-order valence-electron chi connectivity index (χ4n) is 3.12. The Morgan fingerprint density at radius 2 is 1.74 bits per heavy atom. The third kappa shape index (κ3) is 4.38. The van der Waals surface area contributed by atoms with Crippen molar-refractivity contribution in [3.05, 3.63) is 57.5 Å². The van der Waals surface area contributed by atoms with Gasteiger partial charge in [-0.2, -0.15) is 0 Å². The molecule has 27 heavy (non-hydrogen) atoms. The monoisotopic (exact) mass is 425 g/mol. The summed E-state index contributed by atoms with van der Waals surface area (Å²) in [5.74, 6) is -0.370. The Labute approximate surface area is 172 Å². The summed E-state index contributed by atoms with van der Waals surface area (Å²) in [5.41, 5.74) is 1.06. The number of para-hydroxylation sites is 2. The number of carbonyl (C=O) groups excluding carboxylic acids is 2. The lowest BCUT2D eigenvalue weighted by Gasteiger charge is -2.24. The van der Waals surface area contributed by atoms with Gasteiger partial charge in [-0.15, -0.1) is 0 Å². The Morgan fingerprint density at radius 1 is 1.11 bits per heavy atom. The van der Waals surface area contributed by atoms with Gasteiger partial charge in [0.1, 0.15) is 0 Å². The molecule has 1 fully saturated rings. The summed E-state index contributed by atoms with van der Waals surface area (Å²) in [7, 11) is 1.74. The largest absolute Gasteiger partial charge is 0.322 e. The zero-order valence-corrected chi connectivity index (χ0v) is 16.9. The molecule has 1 saturated heterocycles. The summed E-state index contributed by atoms with van der Waals surface area (Å²) in [6.45, 7) is 0.587. The number of nitrogens with one attached hydrogen (secondary N) is 1. The van der Waals surface area contributed by atoms with E-state index >= 15 is 0 Å². The average Bonchev–Trinajstić information content (AvgIpc) is 3.00. The van der Waals surface area contributed by atoms with Crippen molar-refractivity contribution in [2.45, 2.75) is 12.5 Å². The molecule has 0 saturated carbocycles. The molecule has 0 aromatic heterocycles. The van der Waals surface area contributed by atoms with E-state index in [0.29, 0.717) is 39.4 Å². The number of hydrogen-bond donors (Lipinski definition) is 1. The summed E-state index contributed by atoms with van der Waals surface area (Å²) in [4.78, 5) is 28.6. The second kappa shape index (κ2) is 8.48. The molecule has 0 radical (unpaired) electrons. The maximum absolute atomic E-state index is 12.8. The van der Waals surface area contributed by atoms with E-state index in [1.165, 1.54) is 0 Å². The molecule has 2 aromatic carbocycles. The standard InChI is InChI=1S/C19H18Cl3N3O2/c1-24(11-17(26)23-18-13(21)6-4-7-14(18)22)16-9-10-25(19(16)27)15-8-3-2-5-12(15)20/h2-8,16H,9-11H2,1H3,(H,23,26). The van der Waals surface area contributed by atoms with E-state index in [0.717, 1.165) is 0 Å². The number of amides is 2. The molecule has 1 heterocycles. The first kappa shape index (κ1) is 20.0. The Bertz CT molecular complexity index is 855. The normalized spacial score (nSPS) is 16.9. The lowest BCUT2D eigenvalue weighted by molar-refractivity contribution is -0.123. The third-order valence-corrected chi connectivity index (χ3v) is 5.42. The molecule has 8 heteroatoms. The van der Waals surface area contributed by atoms with Crippen LogP contribution in [0.25, 0.3) is 0 Å². The van der Waals surface area contributed by atoms with Gasteiger partial charge < -0.3 is 10.2 Å². The van der Waals surface area contributed by atoms with Crippen LogP contribution in [0.4, 0.5) is 11.4 Å². The van der Waals surface area contributed by atoms with Gasteiger partial charge in [0.15, 0.2) is 0 Å². The second-order valence-electron chi connectivity index (χ2n) is 6.31. The number of halogens is 3. The van der Waals surface area contributed by atoms with E-state index in [2.05, 4.69) is 5.32 Å². The summed E-state index contributed by atoms with van der Waals surface area (Å²) in [5, 5.41) is 3.96. The molecule has 1 N–H and O–H groups in total. The van der Waals surface area contributed by atoms with Gasteiger partial charge in [0.05, 0.1) is 39.0 Å². The van der Waals surface area contributed by atoms with Crippen molar-refractivity contribution in [1.29, 1.82) is 0 Å². The van der Waals surface area contributed by atoms with Crippen molar-refractivity contribution in [1.82, 2.24) is 4.90 Å². The zero-order valence-electron chi connectivity index (χ0n) is 14.6. The van der Waals surface area contributed by atoms with Crippen molar-refractivity contribution in [2.24, 2.45) is 0 Å². The molecule has 1 unspecified atom stereocenters. The van der Waals surface area contributed by atoms with Gasteiger partial charge in [0.2, 0.25) is 11.8 Å². The molecule has 0 spiro atoms. The smallest absolute Gasteiger partial charge is 0.244 e. The van der Waals surface area contributed by atoms with Gasteiger partial charge in [-0.05, 0) is 37.7 Å². The van der Waals surface area contributed by atoms with Crippen LogP contribution in [-0.2, 0) is 9.59 Å². The first-order valence-electron chi connectivity index (χ1n) is 8.38. The highest BCUT2D eigenvalue weighted by Crippen LogP contribution is 2.31. The molecule has 1 atom stereocenters. The lowest BCUT2D eigenvalue weighted by Crippen LogP contribution is -2.43. The van der Waals surface area contributed by atoms with E-state index < -0.39 is 6.04 Å². The van der Waals surface area contributed by atoms with E-state index in [1.54, 1.807) is 41.1 Å². The second-order valence-corrected chi connectivity index (χ2v) is 7.53. The summed E-state index contributed by atoms with van der Waals surface area (Å²) in [6, 6.07) is 11.8. The minimum absolute atomic E-state index is 0.0360. The van der Waals surface area contributed by atoms with Crippen LogP contribution in [0.15, 0.2) is 42.5 Å². The Balaban J connectivity index is 1.65. The van der Waals surface area contributed by atoms with Gasteiger partial charge in [-0.3, -0.25) is 14.5 Å². The molecule has 1 aliphatic rings. The molecule has 2 amide bonds. The van der Waals surface area contributed by atoms with Crippen molar-refractivity contribution < 1.29 is 9.59 Å². The van der Waals surface area contributed by atoms with Crippen LogP contribution in [0, 0.1) is 0 Å². The fourth-order valence-corrected chi connectivity index (χ4v) is 3.85. The predicted octanol–water partition coefficient (Wildman–Crippen LogP) is 4.32. The quantitative estimate of drug-likeness (QED) is 0.774. The number of anilines is 2. The Morgan fingerprint density at radius 3 is 2.41 bits per heavy atom. The molecule has 3 rings (SSSR count). The average molecular weight is 427 g/mol. The molecular weight excluding hydrogens is 409 g/mol. The van der Waals surface area contributed by atoms with E-state index in [1.807, 2.05) is 18.2 Å². The van der Waals surface area contributed by atoms with E-state index in [9.17, 15) is 9.59 Å². The van der Waals surface area contributed by atoms with Gasteiger partial charge in [0.25, 0.3) is 0 Å². The highest BCUT2D eigenvalue weighted by molar-refractivity contribution is 6.39. The van der Waals surface area contributed by atoms with E-state index in [4.69, 9.17) is 34.8 Å². The Kier molecular flexibility index (Phi) is 6.27. The van der Waals surface area contributed by atoms with Crippen LogP contribution in [0.3, 0.4) is 0 Å². The molecule has 0 aliphatic carbocycles. The number of likely N-dealkylation sites (N-methyl/N-ethyl adjacent to an activating group) is 1. The highest BCUT2D eigenvalue weighted by atomic mass is 35.5. The summed E-state index contributed by atoms with van der Waals surface area (Å²) < 4.78 is 0. The SMILES string of the molecule is CN(CC(=O)Nc1c(Cl)cccc1Cl)C1CCN(c2ccccc2Cl)C1=O. The van der Waals surface area contributed by atoms with Crippen LogP contribution in [0.5, 0.6) is 0 Å². The molecule has 2 aromatic rings. The number of rotatable bonds is 5. The van der Waals surface area contributed by atoms with Crippen LogP contribution in [-0.4, -0.2) is 42.9 Å². The highest BCUT2D eigenvalue weighted by Gasteiger charge is 2.36. The van der Waals surface area contributed by atoms with Crippen molar-refractivity contribution in [3.8, 4) is 0 Å².